The third-order valence-electron chi connectivity index (χ3n) is 2.66. The molecular formula is C11H21NO4S. The first-order valence-corrected chi connectivity index (χ1v) is 7.94. The largest absolute Gasteiger partial charge is 0.460 e. The molecule has 100 valence electrons. The quantitative estimate of drug-likeness (QED) is 0.624. The van der Waals surface area contributed by atoms with Gasteiger partial charge in [0.25, 0.3) is 0 Å². The molecule has 1 N–H and O–H groups in total. The van der Waals surface area contributed by atoms with Gasteiger partial charge in [-0.1, -0.05) is 0 Å². The Morgan fingerprint density at radius 2 is 2.12 bits per heavy atom. The van der Waals surface area contributed by atoms with Crippen molar-refractivity contribution in [3.05, 3.63) is 4.91 Å². The van der Waals surface area contributed by atoms with E-state index in [1.54, 1.807) is 27.0 Å². The van der Waals surface area contributed by atoms with Gasteiger partial charge < -0.3 is 9.84 Å². The average Bonchev–Trinajstić information content (AvgIpc) is 2.39. The molecular weight excluding hydrogens is 242 g/mol. The van der Waals surface area contributed by atoms with E-state index in [4.69, 9.17) is 4.74 Å². The zero-order chi connectivity index (χ0) is 13.3. The first-order chi connectivity index (χ1) is 7.58. The van der Waals surface area contributed by atoms with E-state index < -0.39 is 27.4 Å². The van der Waals surface area contributed by atoms with Crippen LogP contribution >= 0.6 is 10.2 Å². The lowest BCUT2D eigenvalue weighted by Gasteiger charge is -2.27. The minimum atomic E-state index is -1.63. The fourth-order valence-corrected chi connectivity index (χ4v) is 4.48. The summed E-state index contributed by atoms with van der Waals surface area (Å²) in [5.74, 6) is 0.480. The van der Waals surface area contributed by atoms with E-state index in [-0.39, 0.29) is 6.42 Å². The minimum Gasteiger partial charge on any atom is -0.460 e. The van der Waals surface area contributed by atoms with Crippen LogP contribution in [0.15, 0.2) is 4.58 Å². The van der Waals surface area contributed by atoms with Crippen LogP contribution in [0.4, 0.5) is 0 Å². The minimum absolute atomic E-state index is 0.0532. The number of nitroso groups, excluding NO2 is 1. The molecule has 1 rings (SSSR count). The standard InChI is InChI=1S/C11H21NO4S/c1-10(2,3)16-9(13)7-11(14)5-6-17(4,8-11)12-15/h14H,5-8H2,1-4H3. The van der Waals surface area contributed by atoms with Gasteiger partial charge in [0.2, 0.25) is 0 Å². The number of esters is 1. The van der Waals surface area contributed by atoms with E-state index in [0.717, 1.165) is 0 Å². The van der Waals surface area contributed by atoms with E-state index in [2.05, 4.69) is 4.58 Å². The van der Waals surface area contributed by atoms with Gasteiger partial charge in [0.15, 0.2) is 0 Å². The summed E-state index contributed by atoms with van der Waals surface area (Å²) in [5, 5.41) is 10.2. The number of aliphatic hydroxyl groups is 1. The number of nitrogens with zero attached hydrogens (tertiary/aromatic N) is 1. The van der Waals surface area contributed by atoms with Gasteiger partial charge >= 0.3 is 5.97 Å². The van der Waals surface area contributed by atoms with Gasteiger partial charge in [-0.15, -0.1) is 15.1 Å². The van der Waals surface area contributed by atoms with Gasteiger partial charge in [-0.25, -0.2) is 0 Å². The SMILES string of the molecule is CC(C)(C)OC(=O)CC1(O)CCS(C)(N=O)C1. The Kier molecular flexibility index (Phi) is 3.88. The molecule has 0 aliphatic carbocycles. The molecule has 1 aliphatic rings. The number of hydrogen-bond donors (Lipinski definition) is 1. The third kappa shape index (κ3) is 4.27. The van der Waals surface area contributed by atoms with Crippen molar-refractivity contribution in [3.63, 3.8) is 0 Å². The number of carbonyl (C=O) groups is 1. The van der Waals surface area contributed by atoms with Crippen LogP contribution in [0.5, 0.6) is 0 Å². The Morgan fingerprint density at radius 3 is 2.53 bits per heavy atom. The van der Waals surface area contributed by atoms with Crippen molar-refractivity contribution in [2.45, 2.75) is 44.8 Å². The molecule has 1 heterocycles. The van der Waals surface area contributed by atoms with Gasteiger partial charge in [0.1, 0.15) is 5.60 Å². The van der Waals surface area contributed by atoms with Crippen molar-refractivity contribution in [1.82, 2.24) is 0 Å². The molecule has 2 atom stereocenters. The van der Waals surface area contributed by atoms with Crippen LogP contribution < -0.4 is 0 Å². The Morgan fingerprint density at radius 1 is 1.53 bits per heavy atom. The van der Waals surface area contributed by atoms with E-state index in [9.17, 15) is 14.8 Å². The van der Waals surface area contributed by atoms with Gasteiger partial charge in [0, 0.05) is 11.5 Å². The Labute approximate surface area is 103 Å². The summed E-state index contributed by atoms with van der Waals surface area (Å²) in [4.78, 5) is 22.3. The molecule has 0 aromatic rings. The van der Waals surface area contributed by atoms with Gasteiger partial charge in [-0.2, -0.15) is 0 Å². The van der Waals surface area contributed by atoms with Crippen molar-refractivity contribution in [1.29, 1.82) is 0 Å². The molecule has 0 spiro atoms. The molecule has 1 aliphatic heterocycles. The topological polar surface area (TPSA) is 76.0 Å². The molecule has 0 radical (unpaired) electrons. The normalized spacial score (nSPS) is 37.2. The number of ether oxygens (including phenoxy) is 1. The lowest BCUT2D eigenvalue weighted by atomic mass is 9.99. The van der Waals surface area contributed by atoms with Crippen LogP contribution in [0.1, 0.15) is 33.6 Å². The van der Waals surface area contributed by atoms with Crippen LogP contribution in [0.2, 0.25) is 0 Å². The molecule has 17 heavy (non-hydrogen) atoms. The first-order valence-electron chi connectivity index (χ1n) is 5.60. The highest BCUT2D eigenvalue weighted by Crippen LogP contribution is 2.55. The number of carbonyl (C=O) groups excluding carboxylic acids is 1. The van der Waals surface area contributed by atoms with Crippen molar-refractivity contribution in [2.75, 3.05) is 17.8 Å². The summed E-state index contributed by atoms with van der Waals surface area (Å²) >= 11 is 0. The molecule has 5 nitrogen and oxygen atoms in total. The highest BCUT2D eigenvalue weighted by atomic mass is 32.3. The van der Waals surface area contributed by atoms with Crippen molar-refractivity contribution >= 4 is 16.2 Å². The van der Waals surface area contributed by atoms with E-state index in [0.29, 0.717) is 17.9 Å². The Bertz CT molecular complexity index is 328. The van der Waals surface area contributed by atoms with Gasteiger partial charge in [-0.05, 0) is 38.0 Å². The summed E-state index contributed by atoms with van der Waals surface area (Å²) in [6.07, 6.45) is 2.18. The molecule has 6 heteroatoms. The monoisotopic (exact) mass is 263 g/mol. The van der Waals surface area contributed by atoms with Crippen LogP contribution in [-0.4, -0.2) is 40.0 Å². The molecule has 1 fully saturated rings. The highest BCUT2D eigenvalue weighted by molar-refractivity contribution is 8.32. The molecule has 0 bridgehead atoms. The molecule has 2 unspecified atom stereocenters. The maximum Gasteiger partial charge on any atom is 0.309 e. The fraction of sp³-hybridized carbons (Fsp3) is 0.909. The molecule has 1 saturated heterocycles. The average molecular weight is 263 g/mol. The summed E-state index contributed by atoms with van der Waals surface area (Å²) in [6, 6.07) is 0. The molecule has 0 aromatic heterocycles. The zero-order valence-electron chi connectivity index (χ0n) is 10.9. The van der Waals surface area contributed by atoms with Gasteiger partial charge in [0.05, 0.1) is 12.0 Å². The third-order valence-corrected chi connectivity index (χ3v) is 5.26. The van der Waals surface area contributed by atoms with Crippen LogP contribution in [0, 0.1) is 4.91 Å². The lowest BCUT2D eigenvalue weighted by Crippen LogP contribution is -2.35. The summed E-state index contributed by atoms with van der Waals surface area (Å²) in [5.41, 5.74) is -1.66. The van der Waals surface area contributed by atoms with Crippen molar-refractivity contribution in [2.24, 2.45) is 4.58 Å². The molecule has 0 saturated carbocycles. The smallest absolute Gasteiger partial charge is 0.309 e. The summed E-state index contributed by atoms with van der Waals surface area (Å²) in [6.45, 7) is 5.35. The van der Waals surface area contributed by atoms with Crippen LogP contribution in [0.25, 0.3) is 0 Å². The first kappa shape index (κ1) is 14.4. The maximum absolute atomic E-state index is 11.6. The Hall–Kier alpha value is -0.620. The second kappa shape index (κ2) is 4.57. The van der Waals surface area contributed by atoms with E-state index >= 15 is 0 Å². The van der Waals surface area contributed by atoms with Crippen molar-refractivity contribution < 1.29 is 14.6 Å². The summed E-state index contributed by atoms with van der Waals surface area (Å²) < 4.78 is 8.29. The lowest BCUT2D eigenvalue weighted by molar-refractivity contribution is -0.159. The van der Waals surface area contributed by atoms with Crippen molar-refractivity contribution in [3.8, 4) is 0 Å². The second-order valence-corrected chi connectivity index (χ2v) is 9.17. The molecule has 0 aromatic carbocycles. The summed E-state index contributed by atoms with van der Waals surface area (Å²) in [7, 11) is -1.63. The maximum atomic E-state index is 11.6. The van der Waals surface area contributed by atoms with Crippen LogP contribution in [-0.2, 0) is 9.53 Å². The Balaban J connectivity index is 2.58. The van der Waals surface area contributed by atoms with Crippen LogP contribution in [0.3, 0.4) is 0 Å². The highest BCUT2D eigenvalue weighted by Gasteiger charge is 2.44. The predicted molar refractivity (Wildman–Crippen MR) is 69.1 cm³/mol. The number of rotatable bonds is 3. The van der Waals surface area contributed by atoms with Gasteiger partial charge in [-0.3, -0.25) is 4.79 Å². The number of hydrogen-bond acceptors (Lipinski definition) is 5. The zero-order valence-corrected chi connectivity index (χ0v) is 11.7. The fourth-order valence-electron chi connectivity index (χ4n) is 1.98. The van der Waals surface area contributed by atoms with E-state index in [1.165, 1.54) is 0 Å². The molecule has 0 amide bonds. The van der Waals surface area contributed by atoms with E-state index in [1.807, 2.05) is 0 Å². The second-order valence-electron chi connectivity index (χ2n) is 5.88. The predicted octanol–water partition coefficient (Wildman–Crippen LogP) is 1.97.